The fraction of sp³-hybridized carbons (Fsp3) is 0.641. The fourth-order valence-electron chi connectivity index (χ4n) is 8.72. The van der Waals surface area contributed by atoms with Crippen molar-refractivity contribution in [3.63, 3.8) is 0 Å². The van der Waals surface area contributed by atoms with Crippen molar-refractivity contribution in [2.45, 2.75) is 92.1 Å². The topological polar surface area (TPSA) is 157 Å². The summed E-state index contributed by atoms with van der Waals surface area (Å²) in [5.41, 5.74) is -5.79. The fourth-order valence-corrected chi connectivity index (χ4v) is 8.72. The molecular formula is C39H52O10. The molecule has 0 radical (unpaired) electrons. The van der Waals surface area contributed by atoms with Gasteiger partial charge < -0.3 is 29.5 Å². The molecule has 0 heterocycles. The zero-order valence-electron chi connectivity index (χ0n) is 30.1. The molecule has 0 saturated heterocycles. The maximum Gasteiger partial charge on any atom is 0.338 e. The van der Waals surface area contributed by atoms with E-state index in [1.54, 1.807) is 64.1 Å². The quantitative estimate of drug-likeness (QED) is 0.183. The summed E-state index contributed by atoms with van der Waals surface area (Å²) < 4.78 is 18.0. The molecule has 10 nitrogen and oxygen atoms in total. The number of esters is 3. The van der Waals surface area contributed by atoms with E-state index in [1.165, 1.54) is 6.08 Å². The van der Waals surface area contributed by atoms with Crippen LogP contribution in [0.1, 0.15) is 79.1 Å². The Hall–Kier alpha value is -3.34. The van der Waals surface area contributed by atoms with E-state index in [9.17, 15) is 29.7 Å². The minimum atomic E-state index is -2.40. The van der Waals surface area contributed by atoms with Gasteiger partial charge in [-0.15, -0.1) is 0 Å². The van der Waals surface area contributed by atoms with Gasteiger partial charge in [-0.25, -0.2) is 4.79 Å². The van der Waals surface area contributed by atoms with Crippen molar-refractivity contribution < 1.29 is 48.7 Å². The van der Waals surface area contributed by atoms with Gasteiger partial charge in [0.2, 0.25) is 0 Å². The van der Waals surface area contributed by atoms with Crippen molar-refractivity contribution in [3.8, 4) is 0 Å². The van der Waals surface area contributed by atoms with E-state index in [0.717, 1.165) is 0 Å². The SMILES string of the molecule is CC1=C[C@]23C(=O)[C@@H](C=C(COC(=O)C(C)C(C)C)[C@@H](O)[C@]2(O)[C@H]1O)[C@@H]1C(C)(COC(=O)c2ccccc2)[C@]1(OC(=O)C(C)C(C)C)C[C@H]3C. The molecule has 3 unspecified atom stereocenters. The highest BCUT2D eigenvalue weighted by atomic mass is 16.6. The predicted octanol–water partition coefficient (Wildman–Crippen LogP) is 4.45. The summed E-state index contributed by atoms with van der Waals surface area (Å²) in [5, 5.41) is 36.0. The third kappa shape index (κ3) is 5.40. The van der Waals surface area contributed by atoms with Gasteiger partial charge in [-0.2, -0.15) is 0 Å². The average Bonchev–Trinajstić information content (AvgIpc) is 3.52. The lowest BCUT2D eigenvalue weighted by molar-refractivity contribution is -0.193. The number of carbonyl (C=O) groups excluding carboxylic acids is 4. The normalized spacial score (nSPS) is 37.5. The van der Waals surface area contributed by atoms with Crippen molar-refractivity contribution in [2.24, 2.45) is 52.3 Å². The number of fused-ring (bicyclic) bond motifs is 3. The standard InChI is InChI=1S/C39H52O10/c1-20(2)24(7)33(43)47-18-27-15-28-29-36(9,19-48-35(45)26-13-11-10-12-14-26)38(29,49-34(44)25(8)21(3)4)17-23(6)37(32(28)42)16-22(5)30(40)39(37,46)31(27)41/h10-16,20-21,23-25,28-31,40-41,46H,17-19H2,1-9H3/t23-,24?,25?,28+,29-,30+,31-,36?,37+,38+,39-/m1/s1. The molecule has 0 aliphatic heterocycles. The molecule has 11 atom stereocenters. The maximum absolute atomic E-state index is 15.1. The van der Waals surface area contributed by atoms with Crippen molar-refractivity contribution in [1.29, 1.82) is 0 Å². The molecule has 5 rings (SSSR count). The number of rotatable bonds is 10. The number of allylic oxidation sites excluding steroid dienone is 1. The van der Waals surface area contributed by atoms with Crippen LogP contribution in [0.2, 0.25) is 0 Å². The summed E-state index contributed by atoms with van der Waals surface area (Å²) in [5.74, 6) is -5.55. The Bertz CT molecular complexity index is 1560. The number of hydrogen-bond acceptors (Lipinski definition) is 10. The first-order valence-electron chi connectivity index (χ1n) is 17.5. The number of ether oxygens (including phenoxy) is 3. The van der Waals surface area contributed by atoms with E-state index in [1.807, 2.05) is 34.6 Å². The summed E-state index contributed by atoms with van der Waals surface area (Å²) in [6, 6.07) is 8.50. The predicted molar refractivity (Wildman–Crippen MR) is 180 cm³/mol. The Balaban J connectivity index is 1.64. The van der Waals surface area contributed by atoms with Gasteiger partial charge in [-0.1, -0.05) is 85.7 Å². The first-order chi connectivity index (χ1) is 22.8. The largest absolute Gasteiger partial charge is 0.461 e. The molecule has 2 fully saturated rings. The second-order valence-electron chi connectivity index (χ2n) is 15.9. The van der Waals surface area contributed by atoms with E-state index in [2.05, 4.69) is 0 Å². The first kappa shape index (κ1) is 36.9. The highest BCUT2D eigenvalue weighted by Crippen LogP contribution is 2.75. The molecular weight excluding hydrogens is 628 g/mol. The number of aliphatic hydroxyl groups excluding tert-OH is 2. The van der Waals surface area contributed by atoms with Gasteiger partial charge >= 0.3 is 17.9 Å². The van der Waals surface area contributed by atoms with Crippen molar-refractivity contribution in [1.82, 2.24) is 0 Å². The molecule has 2 bridgehead atoms. The Morgan fingerprint density at radius 2 is 1.51 bits per heavy atom. The summed E-state index contributed by atoms with van der Waals surface area (Å²) in [6.07, 6.45) is -0.199. The number of Topliss-reactive ketones (excluding diaryl/α,β-unsaturated/α-hetero) is 1. The van der Waals surface area contributed by atoms with Crippen LogP contribution in [0.15, 0.2) is 53.6 Å². The van der Waals surface area contributed by atoms with Crippen LogP contribution >= 0.6 is 0 Å². The number of carbonyl (C=O) groups is 4. The first-order valence-corrected chi connectivity index (χ1v) is 17.5. The zero-order valence-corrected chi connectivity index (χ0v) is 30.1. The van der Waals surface area contributed by atoms with Crippen molar-refractivity contribution in [2.75, 3.05) is 13.2 Å². The molecule has 1 spiro atoms. The lowest BCUT2D eigenvalue weighted by Crippen LogP contribution is -2.65. The summed E-state index contributed by atoms with van der Waals surface area (Å²) in [7, 11) is 0. The zero-order chi connectivity index (χ0) is 36.4. The molecule has 1 aromatic carbocycles. The summed E-state index contributed by atoms with van der Waals surface area (Å²) in [6.45, 7) is 15.7. The van der Waals surface area contributed by atoms with Crippen LogP contribution in [0, 0.1) is 52.3 Å². The van der Waals surface area contributed by atoms with Crippen LogP contribution in [0.4, 0.5) is 0 Å². The summed E-state index contributed by atoms with van der Waals surface area (Å²) in [4.78, 5) is 55.0. The van der Waals surface area contributed by atoms with Crippen molar-refractivity contribution in [3.05, 3.63) is 59.2 Å². The van der Waals surface area contributed by atoms with E-state index in [4.69, 9.17) is 14.2 Å². The Labute approximate surface area is 288 Å². The van der Waals surface area contributed by atoms with Crippen LogP contribution in [0.5, 0.6) is 0 Å². The Kier molecular flexibility index (Phi) is 9.62. The molecule has 0 aromatic heterocycles. The van der Waals surface area contributed by atoms with E-state index in [-0.39, 0.29) is 30.4 Å². The molecule has 4 aliphatic carbocycles. The van der Waals surface area contributed by atoms with Crippen molar-refractivity contribution >= 4 is 23.7 Å². The van der Waals surface area contributed by atoms with Crippen LogP contribution in [-0.4, -0.2) is 75.6 Å². The van der Waals surface area contributed by atoms with Gasteiger partial charge in [0.25, 0.3) is 0 Å². The second kappa shape index (κ2) is 12.8. The second-order valence-corrected chi connectivity index (χ2v) is 15.9. The van der Waals surface area contributed by atoms with Gasteiger partial charge in [-0.3, -0.25) is 14.4 Å². The van der Waals surface area contributed by atoms with Gasteiger partial charge in [0, 0.05) is 17.3 Å². The third-order valence-corrected chi connectivity index (χ3v) is 12.6. The van der Waals surface area contributed by atoms with Gasteiger partial charge in [-0.05, 0) is 54.4 Å². The number of benzene rings is 1. The molecule has 268 valence electrons. The molecule has 49 heavy (non-hydrogen) atoms. The van der Waals surface area contributed by atoms with Gasteiger partial charge in [0.05, 0.1) is 22.8 Å². The lowest BCUT2D eigenvalue weighted by Gasteiger charge is -2.48. The lowest BCUT2D eigenvalue weighted by atomic mass is 9.59. The summed E-state index contributed by atoms with van der Waals surface area (Å²) >= 11 is 0. The van der Waals surface area contributed by atoms with E-state index >= 15 is 4.79 Å². The molecule has 2 saturated carbocycles. The number of hydrogen-bond donors (Lipinski definition) is 3. The monoisotopic (exact) mass is 680 g/mol. The average molecular weight is 681 g/mol. The van der Waals surface area contributed by atoms with Crippen LogP contribution in [-0.2, 0) is 28.6 Å². The molecule has 3 N–H and O–H groups in total. The molecule has 4 aliphatic rings. The third-order valence-electron chi connectivity index (χ3n) is 12.6. The number of aliphatic hydroxyl groups is 3. The minimum Gasteiger partial charge on any atom is -0.461 e. The van der Waals surface area contributed by atoms with E-state index in [0.29, 0.717) is 11.1 Å². The van der Waals surface area contributed by atoms with Crippen LogP contribution < -0.4 is 0 Å². The van der Waals surface area contributed by atoms with E-state index < -0.39 is 94.1 Å². The van der Waals surface area contributed by atoms with Crippen LogP contribution in [0.3, 0.4) is 0 Å². The molecule has 0 amide bonds. The molecule has 1 aromatic rings. The highest BCUT2D eigenvalue weighted by Gasteiger charge is 2.85. The van der Waals surface area contributed by atoms with Gasteiger partial charge in [0.15, 0.2) is 5.78 Å². The Morgan fingerprint density at radius 1 is 0.918 bits per heavy atom. The number of ketones is 1. The van der Waals surface area contributed by atoms with Gasteiger partial charge in [0.1, 0.15) is 36.6 Å². The molecule has 10 heteroatoms. The minimum absolute atomic E-state index is 0.0176. The highest BCUT2D eigenvalue weighted by molar-refractivity contribution is 5.96. The van der Waals surface area contributed by atoms with Crippen LogP contribution in [0.25, 0.3) is 0 Å². The Morgan fingerprint density at radius 3 is 2.10 bits per heavy atom. The smallest absolute Gasteiger partial charge is 0.338 e. The maximum atomic E-state index is 15.1.